The summed E-state index contributed by atoms with van der Waals surface area (Å²) >= 11 is 0. The van der Waals surface area contributed by atoms with Crippen molar-refractivity contribution in [3.8, 4) is 11.5 Å². The molecular formula is C14H10F2N2O8S. The lowest BCUT2D eigenvalue weighted by Crippen LogP contribution is -2.14. The third-order valence-corrected chi connectivity index (χ3v) is 4.51. The molecule has 0 aliphatic carbocycles. The summed E-state index contributed by atoms with van der Waals surface area (Å²) in [6.45, 7) is -3.29. The van der Waals surface area contributed by atoms with Crippen LogP contribution in [0.5, 0.6) is 11.5 Å². The number of phenols is 1. The number of nitro groups is 1. The van der Waals surface area contributed by atoms with Crippen LogP contribution in [-0.4, -0.2) is 36.1 Å². The Labute approximate surface area is 149 Å². The fourth-order valence-corrected chi connectivity index (χ4v) is 3.06. The standard InChI is InChI=1S/C14H10F2N2O8S/c15-14(16)26-12-4-1-7(5-9(12)13(20)21)17-27(24,25)8-2-3-11(19)10(6-8)18(22)23/h1-6,14,17,19H,(H,20,21). The van der Waals surface area contributed by atoms with E-state index in [0.717, 1.165) is 30.3 Å². The highest BCUT2D eigenvalue weighted by atomic mass is 32.2. The number of carboxylic acid groups (broad SMARTS) is 1. The Kier molecular flexibility index (Phi) is 5.44. The highest BCUT2D eigenvalue weighted by Gasteiger charge is 2.23. The molecule has 0 aliphatic rings. The van der Waals surface area contributed by atoms with Crippen molar-refractivity contribution in [2.75, 3.05) is 4.72 Å². The molecule has 13 heteroatoms. The van der Waals surface area contributed by atoms with Gasteiger partial charge in [-0.15, -0.1) is 0 Å². The normalized spacial score (nSPS) is 11.2. The van der Waals surface area contributed by atoms with E-state index >= 15 is 0 Å². The van der Waals surface area contributed by atoms with E-state index in [-0.39, 0.29) is 5.69 Å². The Morgan fingerprint density at radius 3 is 2.44 bits per heavy atom. The summed E-state index contributed by atoms with van der Waals surface area (Å²) in [5, 5.41) is 29.2. The van der Waals surface area contributed by atoms with Crippen molar-refractivity contribution in [3.05, 3.63) is 52.1 Å². The van der Waals surface area contributed by atoms with Gasteiger partial charge in [-0.2, -0.15) is 8.78 Å². The van der Waals surface area contributed by atoms with Gasteiger partial charge in [-0.05, 0) is 30.3 Å². The summed E-state index contributed by atoms with van der Waals surface area (Å²) in [6.07, 6.45) is 0. The number of rotatable bonds is 7. The number of alkyl halides is 2. The maximum Gasteiger partial charge on any atom is 0.387 e. The molecule has 0 saturated heterocycles. The number of sulfonamides is 1. The first-order chi connectivity index (χ1) is 12.5. The zero-order chi connectivity index (χ0) is 20.4. The minimum absolute atomic E-state index is 0.315. The lowest BCUT2D eigenvalue weighted by Gasteiger charge is -2.12. The van der Waals surface area contributed by atoms with Crippen LogP contribution in [-0.2, 0) is 10.0 Å². The largest absolute Gasteiger partial charge is 0.502 e. The second-order valence-corrected chi connectivity index (χ2v) is 6.59. The van der Waals surface area contributed by atoms with Crippen molar-refractivity contribution in [2.45, 2.75) is 11.5 Å². The van der Waals surface area contributed by atoms with E-state index < -0.39 is 55.2 Å². The number of nitro benzene ring substituents is 1. The SMILES string of the molecule is O=C(O)c1cc(NS(=O)(=O)c2ccc(O)c([N+](=O)[O-])c2)ccc1OC(F)F. The number of aromatic carboxylic acids is 1. The number of carboxylic acids is 1. The van der Waals surface area contributed by atoms with Gasteiger partial charge in [-0.25, -0.2) is 13.2 Å². The van der Waals surface area contributed by atoms with Gasteiger partial charge in [0, 0.05) is 11.8 Å². The highest BCUT2D eigenvalue weighted by Crippen LogP contribution is 2.30. The number of anilines is 1. The lowest BCUT2D eigenvalue weighted by atomic mass is 10.2. The van der Waals surface area contributed by atoms with E-state index in [2.05, 4.69) is 4.74 Å². The molecular weight excluding hydrogens is 394 g/mol. The third kappa shape index (κ3) is 4.58. The van der Waals surface area contributed by atoms with Crippen LogP contribution in [0, 0.1) is 10.1 Å². The molecule has 0 bridgehead atoms. The molecule has 0 amide bonds. The molecule has 0 aromatic heterocycles. The number of hydrogen-bond acceptors (Lipinski definition) is 7. The summed E-state index contributed by atoms with van der Waals surface area (Å²) in [5.74, 6) is -3.08. The molecule has 0 fully saturated rings. The predicted molar refractivity (Wildman–Crippen MR) is 85.6 cm³/mol. The molecule has 0 saturated carbocycles. The van der Waals surface area contributed by atoms with E-state index in [1.165, 1.54) is 0 Å². The maximum absolute atomic E-state index is 12.3. The first-order valence-corrected chi connectivity index (χ1v) is 8.32. The number of ether oxygens (including phenoxy) is 1. The van der Waals surface area contributed by atoms with Gasteiger partial charge in [-0.3, -0.25) is 14.8 Å². The fourth-order valence-electron chi connectivity index (χ4n) is 1.99. The second-order valence-electron chi connectivity index (χ2n) is 4.91. The van der Waals surface area contributed by atoms with Gasteiger partial charge < -0.3 is 14.9 Å². The number of phenolic OH excluding ortho intramolecular Hbond substituents is 1. The van der Waals surface area contributed by atoms with Crippen molar-refractivity contribution in [1.29, 1.82) is 0 Å². The van der Waals surface area contributed by atoms with Crippen LogP contribution in [0.4, 0.5) is 20.2 Å². The molecule has 3 N–H and O–H groups in total. The van der Waals surface area contributed by atoms with Gasteiger partial charge >= 0.3 is 18.3 Å². The van der Waals surface area contributed by atoms with E-state index in [1.54, 1.807) is 0 Å². The number of hydrogen-bond donors (Lipinski definition) is 3. The van der Waals surface area contributed by atoms with Crippen LogP contribution in [0.1, 0.15) is 10.4 Å². The molecule has 2 aromatic carbocycles. The first-order valence-electron chi connectivity index (χ1n) is 6.83. The number of nitrogens with one attached hydrogen (secondary N) is 1. The number of halogens is 2. The molecule has 144 valence electrons. The molecule has 10 nitrogen and oxygen atoms in total. The molecule has 0 heterocycles. The van der Waals surface area contributed by atoms with E-state index in [9.17, 15) is 37.2 Å². The summed E-state index contributed by atoms with van der Waals surface area (Å²) < 4.78 is 55.2. The van der Waals surface area contributed by atoms with Crippen LogP contribution < -0.4 is 9.46 Å². The molecule has 2 aromatic rings. The van der Waals surface area contributed by atoms with Crippen molar-refractivity contribution < 1.29 is 41.9 Å². The van der Waals surface area contributed by atoms with Crippen LogP contribution in [0.25, 0.3) is 0 Å². The smallest absolute Gasteiger partial charge is 0.387 e. The predicted octanol–water partition coefficient (Wildman–Crippen LogP) is 2.40. The second kappa shape index (κ2) is 7.41. The molecule has 0 atom stereocenters. The monoisotopic (exact) mass is 404 g/mol. The van der Waals surface area contributed by atoms with Crippen LogP contribution in [0.3, 0.4) is 0 Å². The molecule has 0 radical (unpaired) electrons. The maximum atomic E-state index is 12.3. The zero-order valence-electron chi connectivity index (χ0n) is 13.0. The Balaban J connectivity index is 2.41. The minimum Gasteiger partial charge on any atom is -0.502 e. The van der Waals surface area contributed by atoms with Gasteiger partial charge in [0.15, 0.2) is 5.75 Å². The lowest BCUT2D eigenvalue weighted by molar-refractivity contribution is -0.386. The van der Waals surface area contributed by atoms with Crippen LogP contribution in [0.2, 0.25) is 0 Å². The zero-order valence-corrected chi connectivity index (χ0v) is 13.8. The number of nitrogens with zero attached hydrogens (tertiary/aromatic N) is 1. The van der Waals surface area contributed by atoms with Crippen molar-refractivity contribution in [2.24, 2.45) is 0 Å². The summed E-state index contributed by atoms with van der Waals surface area (Å²) in [4.78, 5) is 20.4. The Hall–Kier alpha value is -3.48. The average molecular weight is 404 g/mol. The van der Waals surface area contributed by atoms with E-state index in [4.69, 9.17) is 5.11 Å². The summed E-state index contributed by atoms with van der Waals surface area (Å²) in [7, 11) is -4.41. The average Bonchev–Trinajstić information content (AvgIpc) is 2.55. The number of carbonyl (C=O) groups is 1. The van der Waals surface area contributed by atoms with E-state index in [0.29, 0.717) is 6.07 Å². The van der Waals surface area contributed by atoms with Crippen molar-refractivity contribution >= 4 is 27.4 Å². The van der Waals surface area contributed by atoms with Gasteiger partial charge in [0.2, 0.25) is 0 Å². The minimum atomic E-state index is -4.41. The van der Waals surface area contributed by atoms with Crippen molar-refractivity contribution in [1.82, 2.24) is 0 Å². The molecule has 0 aliphatic heterocycles. The number of benzene rings is 2. The van der Waals surface area contributed by atoms with Gasteiger partial charge in [0.05, 0.1) is 9.82 Å². The van der Waals surface area contributed by atoms with Gasteiger partial charge in [0.25, 0.3) is 10.0 Å². The highest BCUT2D eigenvalue weighted by molar-refractivity contribution is 7.92. The molecule has 2 rings (SSSR count). The fraction of sp³-hybridized carbons (Fsp3) is 0.0714. The first kappa shape index (κ1) is 19.8. The Morgan fingerprint density at radius 2 is 1.89 bits per heavy atom. The van der Waals surface area contributed by atoms with Gasteiger partial charge in [-0.1, -0.05) is 0 Å². The summed E-state index contributed by atoms with van der Waals surface area (Å²) in [6, 6.07) is 4.83. The van der Waals surface area contributed by atoms with Gasteiger partial charge in [0.1, 0.15) is 11.3 Å². The van der Waals surface area contributed by atoms with Crippen LogP contribution >= 0.6 is 0 Å². The summed E-state index contributed by atoms with van der Waals surface area (Å²) in [5.41, 5.74) is -1.90. The topological polar surface area (TPSA) is 156 Å². The van der Waals surface area contributed by atoms with E-state index in [1.807, 2.05) is 4.72 Å². The Bertz CT molecular complexity index is 1010. The van der Waals surface area contributed by atoms with Crippen LogP contribution in [0.15, 0.2) is 41.3 Å². The van der Waals surface area contributed by atoms with Crippen molar-refractivity contribution in [3.63, 3.8) is 0 Å². The molecule has 0 unspecified atom stereocenters. The molecule has 0 spiro atoms. The Morgan fingerprint density at radius 1 is 1.22 bits per heavy atom. The quantitative estimate of drug-likeness (QED) is 0.469. The third-order valence-electron chi connectivity index (χ3n) is 3.13. The number of aromatic hydroxyl groups is 1. The molecule has 27 heavy (non-hydrogen) atoms.